The summed E-state index contributed by atoms with van der Waals surface area (Å²) in [5.41, 5.74) is 10.1. The highest BCUT2D eigenvalue weighted by Gasteiger charge is 2.17. The number of fused-ring (bicyclic) bond motifs is 6. The zero-order valence-corrected chi connectivity index (χ0v) is 31.7. The van der Waals surface area contributed by atoms with Gasteiger partial charge in [-0.15, -0.1) is 22.7 Å². The number of hydrogen-bond donors (Lipinski definition) is 0. The molecular formula is C51H31N3S2. The average Bonchev–Trinajstić information content (AvgIpc) is 3.84. The summed E-state index contributed by atoms with van der Waals surface area (Å²) < 4.78 is 5.08. The summed E-state index contributed by atoms with van der Waals surface area (Å²) in [6.45, 7) is 0. The highest BCUT2D eigenvalue weighted by atomic mass is 32.1. The fourth-order valence-corrected chi connectivity index (χ4v) is 10.1. The van der Waals surface area contributed by atoms with Crippen molar-refractivity contribution in [1.82, 2.24) is 15.0 Å². The number of hydrogen-bond acceptors (Lipinski definition) is 5. The van der Waals surface area contributed by atoms with Crippen molar-refractivity contribution in [1.29, 1.82) is 0 Å². The maximum Gasteiger partial charge on any atom is 0.164 e. The Hall–Kier alpha value is -6.79. The van der Waals surface area contributed by atoms with Gasteiger partial charge in [0.05, 0.1) is 0 Å². The summed E-state index contributed by atoms with van der Waals surface area (Å²) in [6.07, 6.45) is 0. The molecule has 56 heavy (non-hydrogen) atoms. The Labute approximate surface area is 331 Å². The van der Waals surface area contributed by atoms with Gasteiger partial charge in [0.2, 0.25) is 0 Å². The summed E-state index contributed by atoms with van der Waals surface area (Å²) in [5, 5.41) is 5.14. The van der Waals surface area contributed by atoms with Gasteiger partial charge in [0.1, 0.15) is 0 Å². The Morgan fingerprint density at radius 3 is 1.46 bits per heavy atom. The molecule has 11 rings (SSSR count). The van der Waals surface area contributed by atoms with E-state index in [1.807, 2.05) is 46.9 Å². The van der Waals surface area contributed by atoms with Crippen LogP contribution in [0.3, 0.4) is 0 Å². The molecule has 0 aliphatic rings. The van der Waals surface area contributed by atoms with Gasteiger partial charge >= 0.3 is 0 Å². The number of nitrogens with zero attached hydrogens (tertiary/aromatic N) is 3. The highest BCUT2D eigenvalue weighted by Crippen LogP contribution is 2.44. The zero-order valence-electron chi connectivity index (χ0n) is 30.1. The minimum atomic E-state index is 0.651. The maximum atomic E-state index is 5.11. The van der Waals surface area contributed by atoms with Crippen LogP contribution in [0.4, 0.5) is 0 Å². The minimum absolute atomic E-state index is 0.651. The fourth-order valence-electron chi connectivity index (χ4n) is 7.78. The van der Waals surface area contributed by atoms with Crippen molar-refractivity contribution in [3.63, 3.8) is 0 Å². The molecule has 0 aliphatic carbocycles. The second-order valence-corrected chi connectivity index (χ2v) is 16.2. The molecule has 3 nitrogen and oxygen atoms in total. The van der Waals surface area contributed by atoms with Gasteiger partial charge in [0.25, 0.3) is 0 Å². The molecule has 0 saturated carbocycles. The molecule has 0 spiro atoms. The summed E-state index contributed by atoms with van der Waals surface area (Å²) in [7, 11) is 0. The quantitative estimate of drug-likeness (QED) is 0.170. The van der Waals surface area contributed by atoms with Crippen LogP contribution in [0, 0.1) is 0 Å². The maximum absolute atomic E-state index is 5.11. The number of thiophene rings is 2. The fraction of sp³-hybridized carbons (Fsp3) is 0. The third kappa shape index (κ3) is 5.77. The van der Waals surface area contributed by atoms with E-state index >= 15 is 0 Å². The van der Waals surface area contributed by atoms with E-state index in [2.05, 4.69) is 164 Å². The number of rotatable bonds is 6. The molecule has 0 radical (unpaired) electrons. The highest BCUT2D eigenvalue weighted by molar-refractivity contribution is 7.26. The van der Waals surface area contributed by atoms with Gasteiger partial charge < -0.3 is 0 Å². The van der Waals surface area contributed by atoms with Gasteiger partial charge in [0.15, 0.2) is 17.5 Å². The third-order valence-electron chi connectivity index (χ3n) is 10.5. The van der Waals surface area contributed by atoms with Crippen molar-refractivity contribution in [2.45, 2.75) is 0 Å². The van der Waals surface area contributed by atoms with Crippen LogP contribution in [-0.4, -0.2) is 15.0 Å². The van der Waals surface area contributed by atoms with Crippen LogP contribution in [0.5, 0.6) is 0 Å². The van der Waals surface area contributed by atoms with Gasteiger partial charge in [-0.2, -0.15) is 0 Å². The molecule has 0 unspecified atom stereocenters. The first-order valence-corrected chi connectivity index (χ1v) is 20.3. The van der Waals surface area contributed by atoms with Crippen LogP contribution in [0.15, 0.2) is 188 Å². The van der Waals surface area contributed by atoms with E-state index in [-0.39, 0.29) is 0 Å². The van der Waals surface area contributed by atoms with Crippen LogP contribution < -0.4 is 0 Å². The number of aromatic nitrogens is 3. The van der Waals surface area contributed by atoms with Gasteiger partial charge in [-0.25, -0.2) is 15.0 Å². The zero-order chi connectivity index (χ0) is 37.0. The van der Waals surface area contributed by atoms with Gasteiger partial charge in [-0.3, -0.25) is 0 Å². The summed E-state index contributed by atoms with van der Waals surface area (Å²) in [5.74, 6) is 1.96. The van der Waals surface area contributed by atoms with Crippen LogP contribution in [0.25, 0.3) is 108 Å². The van der Waals surface area contributed by atoms with Crippen molar-refractivity contribution in [3.05, 3.63) is 188 Å². The van der Waals surface area contributed by atoms with E-state index < -0.39 is 0 Å². The Balaban J connectivity index is 1.02. The first-order chi connectivity index (χ1) is 27.7. The van der Waals surface area contributed by atoms with Crippen LogP contribution >= 0.6 is 22.7 Å². The van der Waals surface area contributed by atoms with Crippen molar-refractivity contribution < 1.29 is 0 Å². The molecule has 0 atom stereocenters. The van der Waals surface area contributed by atoms with Crippen molar-refractivity contribution in [2.75, 3.05) is 0 Å². The lowest BCUT2D eigenvalue weighted by atomic mass is 9.94. The van der Waals surface area contributed by atoms with Crippen LogP contribution in [0.2, 0.25) is 0 Å². The lowest BCUT2D eigenvalue weighted by Gasteiger charge is -2.10. The Kier molecular flexibility index (Phi) is 7.87. The molecule has 0 fully saturated rings. The van der Waals surface area contributed by atoms with E-state index in [9.17, 15) is 0 Å². The van der Waals surface area contributed by atoms with Crippen molar-refractivity contribution in [2.24, 2.45) is 0 Å². The Morgan fingerprint density at radius 1 is 0.268 bits per heavy atom. The van der Waals surface area contributed by atoms with Crippen molar-refractivity contribution >= 4 is 63.0 Å². The van der Waals surface area contributed by atoms with Gasteiger partial charge in [0, 0.05) is 57.0 Å². The Morgan fingerprint density at radius 2 is 0.750 bits per heavy atom. The number of benzene rings is 8. The minimum Gasteiger partial charge on any atom is -0.208 e. The molecular weight excluding hydrogens is 719 g/mol. The molecule has 8 aromatic carbocycles. The van der Waals surface area contributed by atoms with Crippen LogP contribution in [0.1, 0.15) is 0 Å². The topological polar surface area (TPSA) is 38.7 Å². The third-order valence-corrected chi connectivity index (χ3v) is 12.8. The van der Waals surface area contributed by atoms with E-state index in [0.717, 1.165) is 27.8 Å². The Bertz CT molecular complexity index is 3240. The predicted octanol–water partition coefficient (Wildman–Crippen LogP) is 14.6. The van der Waals surface area contributed by atoms with E-state index in [0.29, 0.717) is 17.5 Å². The predicted molar refractivity (Wildman–Crippen MR) is 238 cm³/mol. The van der Waals surface area contributed by atoms with E-state index in [1.54, 1.807) is 0 Å². The molecule has 5 heteroatoms. The van der Waals surface area contributed by atoms with Crippen molar-refractivity contribution in [3.8, 4) is 67.5 Å². The summed E-state index contributed by atoms with van der Waals surface area (Å²) in [4.78, 5) is 15.2. The van der Waals surface area contributed by atoms with Gasteiger partial charge in [-0.05, 0) is 69.8 Å². The average molecular weight is 750 g/mol. The van der Waals surface area contributed by atoms with E-state index in [1.165, 1.54) is 62.6 Å². The van der Waals surface area contributed by atoms with Crippen LogP contribution in [-0.2, 0) is 0 Å². The molecule has 0 amide bonds. The van der Waals surface area contributed by atoms with E-state index in [4.69, 9.17) is 15.0 Å². The molecule has 262 valence electrons. The lowest BCUT2D eigenvalue weighted by Crippen LogP contribution is -2.00. The second kappa shape index (κ2) is 13.5. The summed E-state index contributed by atoms with van der Waals surface area (Å²) in [6, 6.07) is 66.9. The molecule has 3 heterocycles. The SMILES string of the molecule is c1ccc(-c2cccc(-c3nc(-c4ccccc4)nc(-c4ccc5c(c4)sc4cc(-c6cc(-c7ccccc7)c7c(c6)sc6ccccc67)ccc45)n3)c2)cc1. The first kappa shape index (κ1) is 32.6. The normalized spacial score (nSPS) is 11.6. The summed E-state index contributed by atoms with van der Waals surface area (Å²) >= 11 is 3.69. The smallest absolute Gasteiger partial charge is 0.164 e. The standard InChI is InChI=1S/C51H31N3S2/c1-4-13-32(14-5-1)35-19-12-20-37(27-35)50-52-49(34-17-8-3-9-18-34)53-51(54-50)38-24-26-41-40-25-23-36(29-45(40)56-46(41)30-38)39-28-43(33-15-6-2-7-16-33)48-42-21-10-11-22-44(42)55-47(48)31-39/h1-31H. The molecule has 0 saturated heterocycles. The molecule has 11 aromatic rings. The molecule has 3 aromatic heterocycles. The lowest BCUT2D eigenvalue weighted by molar-refractivity contribution is 1.07. The first-order valence-electron chi connectivity index (χ1n) is 18.7. The molecule has 0 bridgehead atoms. The van der Waals surface area contributed by atoms with Gasteiger partial charge in [-0.1, -0.05) is 152 Å². The molecule has 0 N–H and O–H groups in total. The monoisotopic (exact) mass is 749 g/mol. The largest absolute Gasteiger partial charge is 0.208 e. The second-order valence-electron chi connectivity index (χ2n) is 14.0. The molecule has 0 aliphatic heterocycles.